The number of ether oxygens (including phenoxy) is 3. The quantitative estimate of drug-likeness (QED) is 0.609. The number of aromatic nitrogens is 2. The molecule has 1 aromatic rings. The van der Waals surface area contributed by atoms with Gasteiger partial charge in [-0.1, -0.05) is 0 Å². The van der Waals surface area contributed by atoms with Gasteiger partial charge < -0.3 is 28.4 Å². The highest BCUT2D eigenvalue weighted by Gasteiger charge is 2.40. The largest absolute Gasteiger partial charge is 0.481 e. The van der Waals surface area contributed by atoms with Crippen molar-refractivity contribution in [2.45, 2.75) is 58.3 Å². The monoisotopic (exact) mass is 406 g/mol. The van der Waals surface area contributed by atoms with Crippen molar-refractivity contribution in [3.63, 3.8) is 0 Å². The van der Waals surface area contributed by atoms with Gasteiger partial charge in [-0.2, -0.15) is 4.98 Å². The summed E-state index contributed by atoms with van der Waals surface area (Å²) in [5.41, 5.74) is -0.629. The summed E-state index contributed by atoms with van der Waals surface area (Å²) >= 11 is 0. The van der Waals surface area contributed by atoms with Crippen LogP contribution in [0.1, 0.15) is 33.9 Å². The first-order valence-corrected chi connectivity index (χ1v) is 10.4. The minimum absolute atomic E-state index is 0.00760. The number of nitrogens with zero attached hydrogens (tertiary/aromatic N) is 2. The number of hydrogen-bond acceptors (Lipinski definition) is 9. The van der Waals surface area contributed by atoms with Crippen LogP contribution in [0.3, 0.4) is 0 Å². The molecular formula is C16H27N2O8P. The summed E-state index contributed by atoms with van der Waals surface area (Å²) in [7, 11) is -2.11. The zero-order valence-electron chi connectivity index (χ0n) is 16.1. The average molecular weight is 406 g/mol. The van der Waals surface area contributed by atoms with Crippen LogP contribution in [0.25, 0.3) is 0 Å². The Hall–Kier alpha value is -1.29. The zero-order valence-corrected chi connectivity index (χ0v) is 17.0. The predicted octanol–water partition coefficient (Wildman–Crippen LogP) is 1.53. The second-order valence-electron chi connectivity index (χ2n) is 6.63. The summed E-state index contributed by atoms with van der Waals surface area (Å²) in [6.07, 6.45) is -2.50. The molecule has 1 N–H and O–H groups in total. The van der Waals surface area contributed by atoms with Crippen LogP contribution < -0.4 is 10.4 Å². The van der Waals surface area contributed by atoms with Crippen LogP contribution in [0.2, 0.25) is 0 Å². The molecule has 1 saturated heterocycles. The van der Waals surface area contributed by atoms with Crippen LogP contribution in [-0.4, -0.2) is 59.1 Å². The lowest BCUT2D eigenvalue weighted by Crippen LogP contribution is -2.36. The highest BCUT2D eigenvalue weighted by atomic mass is 31.2. The number of methoxy groups -OCH3 is 1. The van der Waals surface area contributed by atoms with E-state index < -0.39 is 31.7 Å². The topological polar surface area (TPSA) is 118 Å². The van der Waals surface area contributed by atoms with Crippen molar-refractivity contribution in [2.24, 2.45) is 0 Å². The maximum absolute atomic E-state index is 12.8. The van der Waals surface area contributed by atoms with Gasteiger partial charge in [-0.25, -0.2) is 4.79 Å². The first kappa shape index (κ1) is 22.0. The number of rotatable bonds is 9. The van der Waals surface area contributed by atoms with Gasteiger partial charge in [0.15, 0.2) is 6.23 Å². The smallest absolute Gasteiger partial charge is 0.356 e. The van der Waals surface area contributed by atoms with E-state index in [1.54, 1.807) is 27.7 Å². The second kappa shape index (κ2) is 9.27. The zero-order chi connectivity index (χ0) is 20.2. The molecule has 2 rings (SSSR count). The fraction of sp³-hybridized carbons (Fsp3) is 0.750. The van der Waals surface area contributed by atoms with Gasteiger partial charge in [0.1, 0.15) is 18.6 Å². The third-order valence-electron chi connectivity index (χ3n) is 3.58. The van der Waals surface area contributed by atoms with E-state index in [2.05, 4.69) is 4.98 Å². The molecule has 27 heavy (non-hydrogen) atoms. The molecule has 3 atom stereocenters. The Bertz CT molecular complexity index is 709. The van der Waals surface area contributed by atoms with Crippen LogP contribution in [-0.2, 0) is 23.1 Å². The summed E-state index contributed by atoms with van der Waals surface area (Å²) in [5, 5.41) is 10.5. The fourth-order valence-electron chi connectivity index (χ4n) is 2.59. The molecule has 154 valence electrons. The third kappa shape index (κ3) is 5.84. The van der Waals surface area contributed by atoms with Crippen LogP contribution in [0.5, 0.6) is 5.88 Å². The van der Waals surface area contributed by atoms with Gasteiger partial charge >= 0.3 is 13.3 Å². The molecule has 0 bridgehead atoms. The van der Waals surface area contributed by atoms with Gasteiger partial charge in [0.2, 0.25) is 5.88 Å². The highest BCUT2D eigenvalue weighted by molar-refractivity contribution is 7.53. The maximum atomic E-state index is 12.8. The molecule has 2 heterocycles. The van der Waals surface area contributed by atoms with E-state index in [0.717, 1.165) is 4.57 Å². The average Bonchev–Trinajstić information content (AvgIpc) is 2.92. The van der Waals surface area contributed by atoms with E-state index in [9.17, 15) is 14.5 Å². The predicted molar refractivity (Wildman–Crippen MR) is 95.8 cm³/mol. The summed E-state index contributed by atoms with van der Waals surface area (Å²) in [6.45, 7) is 6.96. The molecule has 1 aliphatic rings. The Morgan fingerprint density at radius 3 is 2.48 bits per heavy atom. The van der Waals surface area contributed by atoms with Crippen LogP contribution in [0, 0.1) is 0 Å². The van der Waals surface area contributed by atoms with Crippen molar-refractivity contribution in [1.82, 2.24) is 9.55 Å². The molecule has 0 aliphatic carbocycles. The van der Waals surface area contributed by atoms with Gasteiger partial charge in [-0.05, 0) is 27.7 Å². The van der Waals surface area contributed by atoms with Crippen LogP contribution >= 0.6 is 7.60 Å². The molecule has 1 fully saturated rings. The van der Waals surface area contributed by atoms with Crippen molar-refractivity contribution < 1.29 is 32.9 Å². The Balaban J connectivity index is 2.05. The first-order chi connectivity index (χ1) is 12.6. The third-order valence-corrected chi connectivity index (χ3v) is 5.53. The molecule has 0 radical (unpaired) electrons. The lowest BCUT2D eigenvalue weighted by Gasteiger charge is -2.25. The Morgan fingerprint density at radius 1 is 1.33 bits per heavy atom. The van der Waals surface area contributed by atoms with Gasteiger partial charge in [-0.15, -0.1) is 0 Å². The molecule has 10 nitrogen and oxygen atoms in total. The second-order valence-corrected chi connectivity index (χ2v) is 8.53. The molecule has 11 heteroatoms. The normalized spacial score (nSPS) is 23.3. The summed E-state index contributed by atoms with van der Waals surface area (Å²) < 4.78 is 40.7. The molecule has 0 spiro atoms. The number of aliphatic hydroxyl groups is 1. The SMILES string of the molecule is COc1ccn([C@@H]2OC[C@H](OCP(=O)(OC(C)C)OC(C)C)[C@H]2O)c(=O)n1. The van der Waals surface area contributed by atoms with Crippen molar-refractivity contribution in [3.8, 4) is 5.88 Å². The summed E-state index contributed by atoms with van der Waals surface area (Å²) in [6, 6.07) is 1.48. The van der Waals surface area contributed by atoms with Crippen LogP contribution in [0.15, 0.2) is 17.1 Å². The molecule has 0 aromatic carbocycles. The van der Waals surface area contributed by atoms with E-state index in [0.29, 0.717) is 0 Å². The lowest BCUT2D eigenvalue weighted by molar-refractivity contribution is -0.0336. The van der Waals surface area contributed by atoms with E-state index >= 15 is 0 Å². The molecular weight excluding hydrogens is 379 g/mol. The van der Waals surface area contributed by atoms with Gasteiger partial charge in [0, 0.05) is 12.3 Å². The Labute approximate surface area is 157 Å². The highest BCUT2D eigenvalue weighted by Crippen LogP contribution is 2.51. The first-order valence-electron chi connectivity index (χ1n) is 8.65. The minimum Gasteiger partial charge on any atom is -0.481 e. The standard InChI is InChI=1S/C16H27N2O8P/c1-10(2)25-27(21,26-11(3)4)9-24-12-8-23-15(14(12)19)18-7-6-13(22-5)17-16(18)20/h6-7,10-12,14-15,19H,8-9H2,1-5H3/t12-,14+,15+/m0/s1. The van der Waals surface area contributed by atoms with E-state index in [-0.39, 0.29) is 31.0 Å². The molecule has 1 aromatic heterocycles. The van der Waals surface area contributed by atoms with Crippen molar-refractivity contribution in [3.05, 3.63) is 22.7 Å². The number of hydrogen-bond donors (Lipinski definition) is 1. The lowest BCUT2D eigenvalue weighted by atomic mass is 10.2. The van der Waals surface area contributed by atoms with Gasteiger partial charge in [0.25, 0.3) is 0 Å². The van der Waals surface area contributed by atoms with Gasteiger partial charge in [-0.3, -0.25) is 9.13 Å². The molecule has 0 saturated carbocycles. The van der Waals surface area contributed by atoms with Gasteiger partial charge in [0.05, 0.1) is 25.9 Å². The van der Waals surface area contributed by atoms with E-state index in [1.165, 1.54) is 19.4 Å². The van der Waals surface area contributed by atoms with Crippen LogP contribution in [0.4, 0.5) is 0 Å². The minimum atomic E-state index is -3.51. The number of aliphatic hydroxyl groups excluding tert-OH is 1. The summed E-state index contributed by atoms with van der Waals surface area (Å²) in [4.78, 5) is 15.8. The Kier molecular flexibility index (Phi) is 7.55. The van der Waals surface area contributed by atoms with E-state index in [4.69, 9.17) is 23.3 Å². The maximum Gasteiger partial charge on any atom is 0.356 e. The Morgan fingerprint density at radius 2 is 1.96 bits per heavy atom. The fourth-order valence-corrected chi connectivity index (χ4v) is 4.42. The van der Waals surface area contributed by atoms with Crippen molar-refractivity contribution >= 4 is 7.60 Å². The van der Waals surface area contributed by atoms with Crippen molar-refractivity contribution in [1.29, 1.82) is 0 Å². The molecule has 0 unspecified atom stereocenters. The summed E-state index contributed by atoms with van der Waals surface area (Å²) in [5.74, 6) is 0.161. The van der Waals surface area contributed by atoms with E-state index in [1.807, 2.05) is 0 Å². The van der Waals surface area contributed by atoms with Crippen molar-refractivity contribution in [2.75, 3.05) is 20.1 Å². The molecule has 1 aliphatic heterocycles. The molecule has 0 amide bonds.